The first kappa shape index (κ1) is 9.28. The van der Waals surface area contributed by atoms with Crippen LogP contribution in [0.1, 0.15) is 36.7 Å². The first-order chi connectivity index (χ1) is 7.33. The molecule has 2 aliphatic carbocycles. The van der Waals surface area contributed by atoms with Crippen molar-refractivity contribution in [1.29, 1.82) is 0 Å². The monoisotopic (exact) mass is 203 g/mol. The Morgan fingerprint density at radius 1 is 1.47 bits per heavy atom. The van der Waals surface area contributed by atoms with Gasteiger partial charge in [0, 0.05) is 23.9 Å². The van der Waals surface area contributed by atoms with E-state index in [9.17, 15) is 0 Å². The Hall–Kier alpha value is -0.960. The Balaban J connectivity index is 1.56. The Labute approximate surface area is 90.3 Å². The standard InChI is InChI=1S/C12H17N3/c1-8-13-5-4-12(15-8)11-6-9(11)7-14-10-2-3-10/h4-5,9-11,14H,2-3,6-7H2,1H3. The van der Waals surface area contributed by atoms with E-state index in [2.05, 4.69) is 21.4 Å². The molecule has 0 aromatic carbocycles. The van der Waals surface area contributed by atoms with Crippen LogP contribution in [0.4, 0.5) is 0 Å². The molecule has 0 bridgehead atoms. The van der Waals surface area contributed by atoms with Crippen LogP contribution in [-0.4, -0.2) is 22.6 Å². The highest BCUT2D eigenvalue weighted by Gasteiger charge is 2.39. The van der Waals surface area contributed by atoms with Gasteiger partial charge in [0.1, 0.15) is 5.82 Å². The van der Waals surface area contributed by atoms with E-state index in [1.165, 1.54) is 31.5 Å². The molecule has 1 aromatic heterocycles. The molecule has 3 rings (SSSR count). The van der Waals surface area contributed by atoms with E-state index < -0.39 is 0 Å². The number of hydrogen-bond donors (Lipinski definition) is 1. The molecule has 1 N–H and O–H groups in total. The largest absolute Gasteiger partial charge is 0.314 e. The minimum Gasteiger partial charge on any atom is -0.314 e. The molecule has 2 aliphatic rings. The molecule has 0 radical (unpaired) electrons. The third-order valence-electron chi connectivity index (χ3n) is 3.35. The molecule has 0 spiro atoms. The van der Waals surface area contributed by atoms with Crippen molar-refractivity contribution in [2.75, 3.05) is 6.54 Å². The zero-order chi connectivity index (χ0) is 10.3. The van der Waals surface area contributed by atoms with Crippen molar-refractivity contribution in [3.63, 3.8) is 0 Å². The van der Waals surface area contributed by atoms with E-state index in [0.717, 1.165) is 17.8 Å². The molecule has 1 aromatic rings. The molecule has 2 saturated carbocycles. The lowest BCUT2D eigenvalue weighted by Gasteiger charge is -2.02. The molecule has 0 saturated heterocycles. The molecule has 1 heterocycles. The Kier molecular flexibility index (Phi) is 2.20. The van der Waals surface area contributed by atoms with Crippen molar-refractivity contribution in [2.45, 2.75) is 38.1 Å². The Bertz CT molecular complexity index is 360. The summed E-state index contributed by atoms with van der Waals surface area (Å²) in [6.07, 6.45) is 5.94. The van der Waals surface area contributed by atoms with E-state index in [0.29, 0.717) is 5.92 Å². The van der Waals surface area contributed by atoms with Gasteiger partial charge in [0.25, 0.3) is 0 Å². The van der Waals surface area contributed by atoms with E-state index in [1.807, 2.05) is 13.1 Å². The maximum atomic E-state index is 4.49. The van der Waals surface area contributed by atoms with Gasteiger partial charge < -0.3 is 5.32 Å². The molecular formula is C12H17N3. The van der Waals surface area contributed by atoms with Crippen LogP contribution in [0, 0.1) is 12.8 Å². The van der Waals surface area contributed by atoms with Gasteiger partial charge in [-0.1, -0.05) is 0 Å². The van der Waals surface area contributed by atoms with Crippen LogP contribution in [0.3, 0.4) is 0 Å². The second-order valence-electron chi connectivity index (χ2n) is 4.81. The third-order valence-corrected chi connectivity index (χ3v) is 3.35. The van der Waals surface area contributed by atoms with E-state index >= 15 is 0 Å². The maximum absolute atomic E-state index is 4.49. The zero-order valence-corrected chi connectivity index (χ0v) is 9.11. The number of hydrogen-bond acceptors (Lipinski definition) is 3. The molecule has 2 unspecified atom stereocenters. The second kappa shape index (κ2) is 3.56. The van der Waals surface area contributed by atoms with Gasteiger partial charge in [-0.25, -0.2) is 9.97 Å². The summed E-state index contributed by atoms with van der Waals surface area (Å²) >= 11 is 0. The highest BCUT2D eigenvalue weighted by molar-refractivity contribution is 5.17. The molecule has 2 fully saturated rings. The number of rotatable bonds is 4. The van der Waals surface area contributed by atoms with Crippen LogP contribution >= 0.6 is 0 Å². The average Bonchev–Trinajstić information content (AvgIpc) is 3.11. The molecule has 0 aliphatic heterocycles. The van der Waals surface area contributed by atoms with Crippen molar-refractivity contribution in [3.8, 4) is 0 Å². The summed E-state index contributed by atoms with van der Waals surface area (Å²) < 4.78 is 0. The normalized spacial score (nSPS) is 29.1. The lowest BCUT2D eigenvalue weighted by molar-refractivity contribution is 0.621. The Morgan fingerprint density at radius 3 is 3.07 bits per heavy atom. The van der Waals surface area contributed by atoms with Gasteiger partial charge in [-0.3, -0.25) is 0 Å². The van der Waals surface area contributed by atoms with Crippen LogP contribution in [0.2, 0.25) is 0 Å². The lowest BCUT2D eigenvalue weighted by Crippen LogP contribution is -2.19. The van der Waals surface area contributed by atoms with Gasteiger partial charge in [-0.2, -0.15) is 0 Å². The predicted molar refractivity (Wildman–Crippen MR) is 58.6 cm³/mol. The van der Waals surface area contributed by atoms with Crippen molar-refractivity contribution < 1.29 is 0 Å². The summed E-state index contributed by atoms with van der Waals surface area (Å²) in [5, 5.41) is 3.59. The quantitative estimate of drug-likeness (QED) is 0.808. The summed E-state index contributed by atoms with van der Waals surface area (Å²) in [6.45, 7) is 3.14. The van der Waals surface area contributed by atoms with Gasteiger partial charge in [-0.15, -0.1) is 0 Å². The topological polar surface area (TPSA) is 37.8 Å². The zero-order valence-electron chi connectivity index (χ0n) is 9.11. The minimum absolute atomic E-state index is 0.693. The number of nitrogens with one attached hydrogen (secondary N) is 1. The maximum Gasteiger partial charge on any atom is 0.125 e. The molecule has 0 amide bonds. The smallest absolute Gasteiger partial charge is 0.125 e. The highest BCUT2D eigenvalue weighted by Crippen LogP contribution is 2.46. The molecule has 3 heteroatoms. The SMILES string of the molecule is Cc1nccc(C2CC2CNC2CC2)n1. The van der Waals surface area contributed by atoms with Crippen LogP contribution in [-0.2, 0) is 0 Å². The minimum atomic E-state index is 0.693. The van der Waals surface area contributed by atoms with Gasteiger partial charge in [0.15, 0.2) is 0 Å². The molecule has 15 heavy (non-hydrogen) atoms. The fourth-order valence-corrected chi connectivity index (χ4v) is 2.12. The van der Waals surface area contributed by atoms with Gasteiger partial charge in [0.2, 0.25) is 0 Å². The fourth-order valence-electron chi connectivity index (χ4n) is 2.12. The summed E-state index contributed by atoms with van der Waals surface area (Å²) in [4.78, 5) is 8.62. The highest BCUT2D eigenvalue weighted by atomic mass is 15.0. The molecular weight excluding hydrogens is 186 g/mol. The summed E-state index contributed by atoms with van der Waals surface area (Å²) in [7, 11) is 0. The third kappa shape index (κ3) is 2.17. The molecule has 80 valence electrons. The first-order valence-electron chi connectivity index (χ1n) is 5.86. The van der Waals surface area contributed by atoms with Crippen LogP contribution in [0.25, 0.3) is 0 Å². The average molecular weight is 203 g/mol. The van der Waals surface area contributed by atoms with E-state index in [4.69, 9.17) is 0 Å². The van der Waals surface area contributed by atoms with Crippen LogP contribution in [0.15, 0.2) is 12.3 Å². The first-order valence-corrected chi connectivity index (χ1v) is 5.86. The van der Waals surface area contributed by atoms with Crippen molar-refractivity contribution >= 4 is 0 Å². The van der Waals surface area contributed by atoms with E-state index in [1.54, 1.807) is 0 Å². The van der Waals surface area contributed by atoms with Crippen molar-refractivity contribution in [2.24, 2.45) is 5.92 Å². The Morgan fingerprint density at radius 2 is 2.33 bits per heavy atom. The molecule has 2 atom stereocenters. The van der Waals surface area contributed by atoms with Crippen LogP contribution in [0.5, 0.6) is 0 Å². The summed E-state index contributed by atoms with van der Waals surface area (Å²) in [5.41, 5.74) is 1.24. The molecule has 3 nitrogen and oxygen atoms in total. The number of aryl methyl sites for hydroxylation is 1. The number of aromatic nitrogens is 2. The van der Waals surface area contributed by atoms with Crippen molar-refractivity contribution in [1.82, 2.24) is 15.3 Å². The van der Waals surface area contributed by atoms with E-state index in [-0.39, 0.29) is 0 Å². The van der Waals surface area contributed by atoms with Crippen molar-refractivity contribution in [3.05, 3.63) is 23.8 Å². The van der Waals surface area contributed by atoms with Gasteiger partial charge in [-0.05, 0) is 44.7 Å². The summed E-state index contributed by atoms with van der Waals surface area (Å²) in [6, 6.07) is 2.90. The fraction of sp³-hybridized carbons (Fsp3) is 0.667. The van der Waals surface area contributed by atoms with Crippen LogP contribution < -0.4 is 5.32 Å². The number of nitrogens with zero attached hydrogens (tertiary/aromatic N) is 2. The summed E-state index contributed by atoms with van der Waals surface area (Å²) in [5.74, 6) is 2.41. The van der Waals surface area contributed by atoms with Gasteiger partial charge >= 0.3 is 0 Å². The lowest BCUT2D eigenvalue weighted by atomic mass is 10.2. The van der Waals surface area contributed by atoms with Gasteiger partial charge in [0.05, 0.1) is 0 Å². The second-order valence-corrected chi connectivity index (χ2v) is 4.81. The predicted octanol–water partition coefficient (Wildman–Crippen LogP) is 1.64.